The van der Waals surface area contributed by atoms with Gasteiger partial charge in [0.15, 0.2) is 11.5 Å². The van der Waals surface area contributed by atoms with E-state index in [0.717, 1.165) is 12.0 Å². The molecule has 0 aliphatic carbocycles. The van der Waals surface area contributed by atoms with Crippen molar-refractivity contribution in [2.24, 2.45) is 5.92 Å². The molecule has 0 unspecified atom stereocenters. The van der Waals surface area contributed by atoms with Crippen molar-refractivity contribution in [1.82, 2.24) is 14.5 Å². The number of rotatable bonds is 5. The van der Waals surface area contributed by atoms with Crippen molar-refractivity contribution in [1.29, 1.82) is 0 Å². The first-order chi connectivity index (χ1) is 16.5. The summed E-state index contributed by atoms with van der Waals surface area (Å²) in [5, 5.41) is 10.5. The van der Waals surface area contributed by atoms with Crippen molar-refractivity contribution >= 4 is 21.9 Å². The number of fused-ring (bicyclic) bond motifs is 1. The molecule has 5 rings (SSSR count). The van der Waals surface area contributed by atoms with Gasteiger partial charge in [0, 0.05) is 37.1 Å². The van der Waals surface area contributed by atoms with Crippen LogP contribution >= 0.6 is 0 Å². The van der Waals surface area contributed by atoms with E-state index in [4.69, 9.17) is 13.9 Å². The lowest BCUT2D eigenvalue weighted by atomic mass is 9.97. The SMILES string of the molecule is O=C(Nc1nnc(-c2ccccc2)o1)C1CCN(S(=O)(=O)c2ccc3c(c2)OCCCO3)CC1. The van der Waals surface area contributed by atoms with E-state index in [9.17, 15) is 13.2 Å². The first kappa shape index (κ1) is 22.4. The first-order valence-corrected chi connectivity index (χ1v) is 12.5. The van der Waals surface area contributed by atoms with Gasteiger partial charge in [0.2, 0.25) is 21.8 Å². The zero-order valence-electron chi connectivity index (χ0n) is 18.3. The molecular formula is C23H24N4O6S. The molecule has 0 spiro atoms. The van der Waals surface area contributed by atoms with Gasteiger partial charge in [0.25, 0.3) is 0 Å². The molecule has 0 atom stereocenters. The fourth-order valence-electron chi connectivity index (χ4n) is 3.99. The van der Waals surface area contributed by atoms with Crippen LogP contribution in [-0.2, 0) is 14.8 Å². The van der Waals surface area contributed by atoms with Crippen LogP contribution in [0.5, 0.6) is 11.5 Å². The number of benzene rings is 2. The molecule has 178 valence electrons. The fraction of sp³-hybridized carbons (Fsp3) is 0.348. The lowest BCUT2D eigenvalue weighted by molar-refractivity contribution is -0.121. The summed E-state index contributed by atoms with van der Waals surface area (Å²) in [5.74, 6) is 0.663. The van der Waals surface area contributed by atoms with Gasteiger partial charge in [0.05, 0.1) is 18.1 Å². The summed E-state index contributed by atoms with van der Waals surface area (Å²) in [7, 11) is -3.72. The molecule has 1 amide bonds. The number of sulfonamides is 1. The molecule has 2 aromatic carbocycles. The summed E-state index contributed by atoms with van der Waals surface area (Å²) < 4.78 is 44.5. The number of nitrogens with one attached hydrogen (secondary N) is 1. The van der Waals surface area contributed by atoms with Crippen molar-refractivity contribution in [3.05, 3.63) is 48.5 Å². The molecule has 11 heteroatoms. The summed E-state index contributed by atoms with van der Waals surface area (Å²) in [6.45, 7) is 1.47. The number of hydrogen-bond donors (Lipinski definition) is 1. The van der Waals surface area contributed by atoms with E-state index in [1.165, 1.54) is 16.4 Å². The van der Waals surface area contributed by atoms with Crippen LogP contribution in [0.15, 0.2) is 57.8 Å². The fourth-order valence-corrected chi connectivity index (χ4v) is 5.48. The van der Waals surface area contributed by atoms with Gasteiger partial charge in [-0.3, -0.25) is 10.1 Å². The normalized spacial score (nSPS) is 17.2. The van der Waals surface area contributed by atoms with Crippen molar-refractivity contribution in [2.45, 2.75) is 24.2 Å². The summed E-state index contributed by atoms with van der Waals surface area (Å²) in [5.41, 5.74) is 0.753. The maximum Gasteiger partial charge on any atom is 0.322 e. The molecule has 0 bridgehead atoms. The summed E-state index contributed by atoms with van der Waals surface area (Å²) in [4.78, 5) is 12.8. The van der Waals surface area contributed by atoms with E-state index < -0.39 is 10.0 Å². The molecule has 3 heterocycles. The molecule has 1 aromatic heterocycles. The number of hydrogen-bond acceptors (Lipinski definition) is 8. The van der Waals surface area contributed by atoms with Crippen LogP contribution in [0.1, 0.15) is 19.3 Å². The van der Waals surface area contributed by atoms with E-state index in [2.05, 4.69) is 15.5 Å². The van der Waals surface area contributed by atoms with Crippen LogP contribution in [0.3, 0.4) is 0 Å². The van der Waals surface area contributed by atoms with Crippen LogP contribution < -0.4 is 14.8 Å². The zero-order chi connectivity index (χ0) is 23.5. The van der Waals surface area contributed by atoms with Gasteiger partial charge in [-0.05, 0) is 37.1 Å². The Labute approximate surface area is 196 Å². The number of nitrogens with zero attached hydrogens (tertiary/aromatic N) is 3. The van der Waals surface area contributed by atoms with Crippen molar-refractivity contribution in [2.75, 3.05) is 31.6 Å². The van der Waals surface area contributed by atoms with Crippen LogP contribution in [0.25, 0.3) is 11.5 Å². The van der Waals surface area contributed by atoms with E-state index in [0.29, 0.717) is 43.4 Å². The Morgan fingerprint density at radius 2 is 1.71 bits per heavy atom. The monoisotopic (exact) mass is 484 g/mol. The van der Waals surface area contributed by atoms with Gasteiger partial charge in [-0.15, -0.1) is 5.10 Å². The second kappa shape index (κ2) is 9.43. The third-order valence-corrected chi connectivity index (χ3v) is 7.75. The first-order valence-electron chi connectivity index (χ1n) is 11.1. The minimum atomic E-state index is -3.72. The molecule has 0 radical (unpaired) electrons. The second-order valence-electron chi connectivity index (χ2n) is 8.11. The summed E-state index contributed by atoms with van der Waals surface area (Å²) >= 11 is 0. The van der Waals surface area contributed by atoms with Gasteiger partial charge in [-0.1, -0.05) is 23.3 Å². The molecule has 2 aliphatic heterocycles. The molecule has 10 nitrogen and oxygen atoms in total. The molecule has 1 N–H and O–H groups in total. The lowest BCUT2D eigenvalue weighted by Crippen LogP contribution is -2.41. The number of anilines is 1. The molecule has 0 saturated carbocycles. The molecule has 3 aromatic rings. The molecule has 1 fully saturated rings. The highest BCUT2D eigenvalue weighted by molar-refractivity contribution is 7.89. The largest absolute Gasteiger partial charge is 0.490 e. The Balaban J connectivity index is 1.20. The van der Waals surface area contributed by atoms with Crippen LogP contribution in [-0.4, -0.2) is 55.1 Å². The number of ether oxygens (including phenoxy) is 2. The lowest BCUT2D eigenvalue weighted by Gasteiger charge is -2.30. The Morgan fingerprint density at radius 1 is 0.971 bits per heavy atom. The number of aromatic nitrogens is 2. The quantitative estimate of drug-likeness (QED) is 0.586. The van der Waals surface area contributed by atoms with E-state index in [1.54, 1.807) is 6.07 Å². The van der Waals surface area contributed by atoms with E-state index in [1.807, 2.05) is 30.3 Å². The molecule has 2 aliphatic rings. The van der Waals surface area contributed by atoms with Gasteiger partial charge < -0.3 is 13.9 Å². The number of amides is 1. The van der Waals surface area contributed by atoms with E-state index in [-0.39, 0.29) is 35.8 Å². The standard InChI is InChI=1S/C23H24N4O6S/c28-21(24-23-26-25-22(33-23)17-5-2-1-3-6-17)16-9-11-27(12-10-16)34(29,30)18-7-8-19-20(15-18)32-14-4-13-31-19/h1-3,5-8,15-16H,4,9-14H2,(H,24,26,28). The minimum absolute atomic E-state index is 0.0195. The average molecular weight is 485 g/mol. The smallest absolute Gasteiger partial charge is 0.322 e. The minimum Gasteiger partial charge on any atom is -0.490 e. The zero-order valence-corrected chi connectivity index (χ0v) is 19.2. The highest BCUT2D eigenvalue weighted by Crippen LogP contribution is 2.34. The van der Waals surface area contributed by atoms with E-state index >= 15 is 0 Å². The molecular weight excluding hydrogens is 460 g/mol. The molecule has 34 heavy (non-hydrogen) atoms. The van der Waals surface area contributed by atoms with Gasteiger partial charge >= 0.3 is 6.01 Å². The Bertz CT molecular complexity index is 1270. The Kier molecular flexibility index (Phi) is 6.20. The highest BCUT2D eigenvalue weighted by Gasteiger charge is 2.33. The van der Waals surface area contributed by atoms with Gasteiger partial charge in [-0.25, -0.2) is 8.42 Å². The van der Waals surface area contributed by atoms with Crippen molar-refractivity contribution in [3.63, 3.8) is 0 Å². The number of carbonyl (C=O) groups is 1. The maximum absolute atomic E-state index is 13.2. The Hall–Kier alpha value is -3.44. The van der Waals surface area contributed by atoms with Crippen LogP contribution in [0, 0.1) is 5.92 Å². The topological polar surface area (TPSA) is 124 Å². The summed E-state index contributed by atoms with van der Waals surface area (Å²) in [6.07, 6.45) is 1.51. The predicted molar refractivity (Wildman–Crippen MR) is 122 cm³/mol. The molecule has 1 saturated heterocycles. The van der Waals surface area contributed by atoms with Gasteiger partial charge in [0.1, 0.15) is 0 Å². The van der Waals surface area contributed by atoms with Crippen LogP contribution in [0.4, 0.5) is 6.01 Å². The van der Waals surface area contributed by atoms with Crippen LogP contribution in [0.2, 0.25) is 0 Å². The maximum atomic E-state index is 13.2. The summed E-state index contributed by atoms with van der Waals surface area (Å²) in [6, 6.07) is 13.9. The predicted octanol–water partition coefficient (Wildman–Crippen LogP) is 2.94. The third-order valence-electron chi connectivity index (χ3n) is 5.86. The van der Waals surface area contributed by atoms with Crippen molar-refractivity contribution < 1.29 is 27.1 Å². The third kappa shape index (κ3) is 4.62. The average Bonchev–Trinajstić information content (AvgIpc) is 3.20. The second-order valence-corrected chi connectivity index (χ2v) is 10.0. The van der Waals surface area contributed by atoms with Gasteiger partial charge in [-0.2, -0.15) is 4.31 Å². The number of carbonyl (C=O) groups excluding carboxylic acids is 1. The highest BCUT2D eigenvalue weighted by atomic mass is 32.2. The Morgan fingerprint density at radius 3 is 2.47 bits per heavy atom. The van der Waals surface area contributed by atoms with Crippen molar-refractivity contribution in [3.8, 4) is 23.0 Å². The number of piperidine rings is 1.